The lowest BCUT2D eigenvalue weighted by molar-refractivity contribution is -0.384. The number of rotatable bonds is 1. The van der Waals surface area contributed by atoms with Crippen molar-refractivity contribution >= 4 is 27.2 Å². The minimum Gasteiger partial charge on any atom is -0.258 e. The fourth-order valence-electron chi connectivity index (χ4n) is 2.28. The topological polar surface area (TPSA) is 43.1 Å². The van der Waals surface area contributed by atoms with Crippen LogP contribution in [0.3, 0.4) is 0 Å². The fraction of sp³-hybridized carbons (Fsp3) is 0.0667. The van der Waals surface area contributed by atoms with Crippen molar-refractivity contribution in [3.63, 3.8) is 0 Å². The summed E-state index contributed by atoms with van der Waals surface area (Å²) in [6.07, 6.45) is 0. The maximum Gasteiger partial charge on any atom is 0.270 e. The van der Waals surface area contributed by atoms with Crippen molar-refractivity contribution in [2.24, 2.45) is 0 Å². The SMILES string of the molecule is Cc1cccc2cc3cc([N+](=O)[O-])ccc3cc12. The summed E-state index contributed by atoms with van der Waals surface area (Å²) in [5, 5.41) is 15.0. The van der Waals surface area contributed by atoms with E-state index in [4.69, 9.17) is 0 Å². The minimum absolute atomic E-state index is 0.134. The lowest BCUT2D eigenvalue weighted by atomic mass is 10.0. The van der Waals surface area contributed by atoms with Gasteiger partial charge in [-0.05, 0) is 52.2 Å². The van der Waals surface area contributed by atoms with Crippen LogP contribution in [0.15, 0.2) is 48.5 Å². The molecule has 0 aliphatic rings. The summed E-state index contributed by atoms with van der Waals surface area (Å²) in [5.41, 5.74) is 1.35. The zero-order chi connectivity index (χ0) is 12.7. The van der Waals surface area contributed by atoms with Crippen LogP contribution in [0.4, 0.5) is 5.69 Å². The third kappa shape index (κ3) is 1.61. The Hall–Kier alpha value is -2.42. The normalized spacial score (nSPS) is 10.9. The van der Waals surface area contributed by atoms with E-state index >= 15 is 0 Å². The summed E-state index contributed by atoms with van der Waals surface area (Å²) in [5.74, 6) is 0. The lowest BCUT2D eigenvalue weighted by Crippen LogP contribution is -1.87. The highest BCUT2D eigenvalue weighted by Gasteiger charge is 2.07. The van der Waals surface area contributed by atoms with E-state index in [9.17, 15) is 10.1 Å². The van der Waals surface area contributed by atoms with E-state index in [1.54, 1.807) is 18.2 Å². The third-order valence-electron chi connectivity index (χ3n) is 3.25. The molecule has 3 aromatic rings. The molecule has 0 radical (unpaired) electrons. The number of aryl methyl sites for hydroxylation is 1. The molecule has 3 nitrogen and oxygen atoms in total. The molecule has 0 saturated heterocycles. The summed E-state index contributed by atoms with van der Waals surface area (Å²) in [7, 11) is 0. The smallest absolute Gasteiger partial charge is 0.258 e. The largest absolute Gasteiger partial charge is 0.270 e. The summed E-state index contributed by atoms with van der Waals surface area (Å²) in [6, 6.07) is 15.2. The van der Waals surface area contributed by atoms with E-state index in [0.29, 0.717) is 0 Å². The van der Waals surface area contributed by atoms with Crippen LogP contribution in [0.25, 0.3) is 21.5 Å². The van der Waals surface area contributed by atoms with Crippen molar-refractivity contribution in [2.75, 3.05) is 0 Å². The number of nitrogens with zero attached hydrogens (tertiary/aromatic N) is 1. The Balaban J connectivity index is 2.38. The van der Waals surface area contributed by atoms with Crippen LogP contribution in [-0.4, -0.2) is 4.92 Å². The number of benzene rings is 3. The average molecular weight is 237 g/mol. The Kier molecular flexibility index (Phi) is 2.27. The summed E-state index contributed by atoms with van der Waals surface area (Å²) >= 11 is 0. The number of hydrogen-bond acceptors (Lipinski definition) is 2. The number of non-ortho nitro benzene ring substituents is 1. The zero-order valence-electron chi connectivity index (χ0n) is 9.88. The van der Waals surface area contributed by atoms with Crippen LogP contribution in [0.5, 0.6) is 0 Å². The van der Waals surface area contributed by atoms with Gasteiger partial charge >= 0.3 is 0 Å². The molecule has 0 aliphatic heterocycles. The van der Waals surface area contributed by atoms with Gasteiger partial charge in [0.15, 0.2) is 0 Å². The Morgan fingerprint density at radius 2 is 1.78 bits per heavy atom. The number of fused-ring (bicyclic) bond motifs is 2. The standard InChI is InChI=1S/C15H11NO2/c1-10-3-2-4-12-7-13-8-14(16(17)18)6-5-11(13)9-15(10)12/h2-9H,1H3. The van der Waals surface area contributed by atoms with Crippen LogP contribution in [0.2, 0.25) is 0 Å². The first-order chi connectivity index (χ1) is 8.65. The van der Waals surface area contributed by atoms with Crippen LogP contribution in [0, 0.1) is 17.0 Å². The lowest BCUT2D eigenvalue weighted by Gasteiger charge is -2.04. The van der Waals surface area contributed by atoms with E-state index in [2.05, 4.69) is 19.1 Å². The Morgan fingerprint density at radius 1 is 0.944 bits per heavy atom. The molecule has 3 heteroatoms. The molecule has 0 N–H and O–H groups in total. The van der Waals surface area contributed by atoms with Gasteiger partial charge in [-0.25, -0.2) is 0 Å². The highest BCUT2D eigenvalue weighted by molar-refractivity contribution is 6.00. The van der Waals surface area contributed by atoms with Crippen LogP contribution < -0.4 is 0 Å². The van der Waals surface area contributed by atoms with Gasteiger partial charge in [-0.1, -0.05) is 18.2 Å². The molecule has 88 valence electrons. The predicted octanol–water partition coefficient (Wildman–Crippen LogP) is 4.21. The number of hydrogen-bond donors (Lipinski definition) is 0. The molecule has 0 heterocycles. The third-order valence-corrected chi connectivity index (χ3v) is 3.25. The molecule has 0 aromatic heterocycles. The second-order valence-corrected chi connectivity index (χ2v) is 4.44. The predicted molar refractivity (Wildman–Crippen MR) is 72.8 cm³/mol. The zero-order valence-corrected chi connectivity index (χ0v) is 9.88. The minimum atomic E-state index is -0.361. The molecule has 18 heavy (non-hydrogen) atoms. The second-order valence-electron chi connectivity index (χ2n) is 4.44. The van der Waals surface area contributed by atoms with Crippen molar-refractivity contribution in [3.05, 3.63) is 64.2 Å². The quantitative estimate of drug-likeness (QED) is 0.361. The molecule has 3 aromatic carbocycles. The van der Waals surface area contributed by atoms with Gasteiger partial charge in [0.25, 0.3) is 5.69 Å². The Bertz CT molecular complexity index is 778. The van der Waals surface area contributed by atoms with E-state index in [0.717, 1.165) is 16.2 Å². The molecule has 0 amide bonds. The van der Waals surface area contributed by atoms with E-state index in [1.807, 2.05) is 18.2 Å². The summed E-state index contributed by atoms with van der Waals surface area (Å²) in [6.45, 7) is 2.07. The van der Waals surface area contributed by atoms with Gasteiger partial charge in [0.05, 0.1) is 4.92 Å². The monoisotopic (exact) mass is 237 g/mol. The summed E-state index contributed by atoms with van der Waals surface area (Å²) < 4.78 is 0. The van der Waals surface area contributed by atoms with Crippen molar-refractivity contribution in [2.45, 2.75) is 6.92 Å². The van der Waals surface area contributed by atoms with Crippen LogP contribution >= 0.6 is 0 Å². The molecular formula is C15H11NO2. The van der Waals surface area contributed by atoms with Crippen molar-refractivity contribution in [3.8, 4) is 0 Å². The summed E-state index contributed by atoms with van der Waals surface area (Å²) in [4.78, 5) is 10.4. The highest BCUT2D eigenvalue weighted by atomic mass is 16.6. The molecule has 0 atom stereocenters. The van der Waals surface area contributed by atoms with Gasteiger partial charge in [-0.15, -0.1) is 0 Å². The molecule has 0 saturated carbocycles. The molecule has 0 bridgehead atoms. The van der Waals surface area contributed by atoms with Gasteiger partial charge in [0.2, 0.25) is 0 Å². The molecule has 0 spiro atoms. The van der Waals surface area contributed by atoms with E-state index < -0.39 is 0 Å². The molecule has 0 unspecified atom stereocenters. The van der Waals surface area contributed by atoms with Gasteiger partial charge in [-0.3, -0.25) is 10.1 Å². The van der Waals surface area contributed by atoms with E-state index in [1.165, 1.54) is 10.9 Å². The Labute approximate surface area is 104 Å². The Morgan fingerprint density at radius 3 is 2.56 bits per heavy atom. The molecule has 0 fully saturated rings. The number of nitro benzene ring substituents is 1. The van der Waals surface area contributed by atoms with Crippen molar-refractivity contribution in [1.29, 1.82) is 0 Å². The maximum atomic E-state index is 10.8. The average Bonchev–Trinajstić information content (AvgIpc) is 2.36. The number of nitro groups is 1. The van der Waals surface area contributed by atoms with E-state index in [-0.39, 0.29) is 10.6 Å². The second kappa shape index (κ2) is 3.81. The first kappa shape index (κ1) is 10.7. The molecular weight excluding hydrogens is 226 g/mol. The fourth-order valence-corrected chi connectivity index (χ4v) is 2.28. The highest BCUT2D eigenvalue weighted by Crippen LogP contribution is 2.27. The van der Waals surface area contributed by atoms with Crippen molar-refractivity contribution < 1.29 is 4.92 Å². The van der Waals surface area contributed by atoms with Gasteiger partial charge in [0.1, 0.15) is 0 Å². The first-order valence-electron chi connectivity index (χ1n) is 5.73. The first-order valence-corrected chi connectivity index (χ1v) is 5.73. The van der Waals surface area contributed by atoms with Crippen LogP contribution in [-0.2, 0) is 0 Å². The molecule has 3 rings (SSSR count). The van der Waals surface area contributed by atoms with Gasteiger partial charge in [-0.2, -0.15) is 0 Å². The molecule has 0 aliphatic carbocycles. The van der Waals surface area contributed by atoms with Gasteiger partial charge < -0.3 is 0 Å². The van der Waals surface area contributed by atoms with Crippen molar-refractivity contribution in [1.82, 2.24) is 0 Å². The van der Waals surface area contributed by atoms with Crippen LogP contribution in [0.1, 0.15) is 5.56 Å². The maximum absolute atomic E-state index is 10.8. The van der Waals surface area contributed by atoms with Gasteiger partial charge in [0, 0.05) is 12.1 Å².